The predicted molar refractivity (Wildman–Crippen MR) is 105 cm³/mol. The van der Waals surface area contributed by atoms with Gasteiger partial charge in [0.15, 0.2) is 6.61 Å². The lowest BCUT2D eigenvalue weighted by molar-refractivity contribution is -0.131. The first-order valence-corrected chi connectivity index (χ1v) is 9.09. The van der Waals surface area contributed by atoms with E-state index in [9.17, 15) is 18.8 Å². The van der Waals surface area contributed by atoms with Crippen LogP contribution in [-0.2, 0) is 9.59 Å². The van der Waals surface area contributed by atoms with E-state index in [1.165, 1.54) is 12.1 Å². The van der Waals surface area contributed by atoms with Crippen molar-refractivity contribution in [1.82, 2.24) is 16.2 Å². The van der Waals surface area contributed by atoms with Crippen LogP contribution in [0.15, 0.2) is 48.5 Å². The van der Waals surface area contributed by atoms with Gasteiger partial charge in [-0.05, 0) is 42.3 Å². The van der Waals surface area contributed by atoms with Crippen LogP contribution in [0, 0.1) is 23.1 Å². The van der Waals surface area contributed by atoms with Crippen molar-refractivity contribution >= 4 is 17.7 Å². The number of hydrazine groups is 1. The fourth-order valence-electron chi connectivity index (χ4n) is 2.43. The van der Waals surface area contributed by atoms with Crippen LogP contribution in [0.2, 0.25) is 0 Å². The molecule has 2 aromatic rings. The predicted octanol–water partition coefficient (Wildman–Crippen LogP) is 1.68. The number of ether oxygens (including phenoxy) is 1. The summed E-state index contributed by atoms with van der Waals surface area (Å²) < 4.78 is 18.3. The molecule has 3 amide bonds. The average Bonchev–Trinajstić information content (AvgIpc) is 2.74. The smallest absolute Gasteiger partial charge is 0.276 e. The third kappa shape index (κ3) is 6.31. The molecule has 2 aromatic carbocycles. The van der Waals surface area contributed by atoms with Gasteiger partial charge in [0.05, 0.1) is 5.56 Å². The molecule has 8 nitrogen and oxygen atoms in total. The Labute approximate surface area is 173 Å². The fourth-order valence-corrected chi connectivity index (χ4v) is 2.43. The molecule has 0 aliphatic heterocycles. The number of hydrogen-bond donors (Lipinski definition) is 3. The molecule has 30 heavy (non-hydrogen) atoms. The molecule has 156 valence electrons. The zero-order valence-corrected chi connectivity index (χ0v) is 16.4. The average molecular weight is 412 g/mol. The molecule has 0 aromatic heterocycles. The lowest BCUT2D eigenvalue weighted by Gasteiger charge is -2.22. The van der Waals surface area contributed by atoms with Crippen LogP contribution in [0.1, 0.15) is 29.8 Å². The Morgan fingerprint density at radius 1 is 1.07 bits per heavy atom. The molecule has 1 atom stereocenters. The van der Waals surface area contributed by atoms with Crippen molar-refractivity contribution in [2.24, 2.45) is 5.92 Å². The maximum Gasteiger partial charge on any atom is 0.276 e. The summed E-state index contributed by atoms with van der Waals surface area (Å²) in [6.07, 6.45) is 0. The van der Waals surface area contributed by atoms with Crippen molar-refractivity contribution in [2.75, 3.05) is 6.61 Å². The summed E-state index contributed by atoms with van der Waals surface area (Å²) >= 11 is 0. The van der Waals surface area contributed by atoms with E-state index in [-0.39, 0.29) is 22.8 Å². The van der Waals surface area contributed by atoms with Crippen LogP contribution in [0.3, 0.4) is 0 Å². The monoisotopic (exact) mass is 412 g/mol. The number of rotatable bonds is 7. The second kappa shape index (κ2) is 10.6. The van der Waals surface area contributed by atoms with Crippen LogP contribution in [0.5, 0.6) is 5.75 Å². The molecule has 3 N–H and O–H groups in total. The molecule has 0 saturated heterocycles. The molecule has 0 fully saturated rings. The van der Waals surface area contributed by atoms with Gasteiger partial charge in [0.2, 0.25) is 0 Å². The van der Waals surface area contributed by atoms with Gasteiger partial charge < -0.3 is 10.1 Å². The number of hydrogen-bond acceptors (Lipinski definition) is 5. The summed E-state index contributed by atoms with van der Waals surface area (Å²) in [5.74, 6) is -2.36. The van der Waals surface area contributed by atoms with Gasteiger partial charge in [-0.2, -0.15) is 5.26 Å². The first-order valence-electron chi connectivity index (χ1n) is 9.09. The molecule has 0 heterocycles. The number of carbonyl (C=O) groups excluding carboxylic acids is 3. The Morgan fingerprint density at radius 2 is 1.73 bits per heavy atom. The zero-order valence-electron chi connectivity index (χ0n) is 16.4. The quantitative estimate of drug-likeness (QED) is 0.598. The van der Waals surface area contributed by atoms with Gasteiger partial charge >= 0.3 is 0 Å². The maximum absolute atomic E-state index is 13.0. The van der Waals surface area contributed by atoms with E-state index in [1.807, 2.05) is 6.07 Å². The van der Waals surface area contributed by atoms with E-state index < -0.39 is 36.2 Å². The number of amides is 3. The molecule has 0 saturated carbocycles. The summed E-state index contributed by atoms with van der Waals surface area (Å²) in [5.41, 5.74) is 4.91. The zero-order chi connectivity index (χ0) is 22.1. The minimum Gasteiger partial charge on any atom is -0.482 e. The largest absolute Gasteiger partial charge is 0.482 e. The van der Waals surface area contributed by atoms with Crippen LogP contribution < -0.4 is 20.9 Å². The molecular formula is C21H21FN4O4. The van der Waals surface area contributed by atoms with Crippen LogP contribution in [-0.4, -0.2) is 30.4 Å². The molecule has 9 heteroatoms. The number of benzene rings is 2. The Balaban J connectivity index is 1.88. The van der Waals surface area contributed by atoms with Crippen LogP contribution >= 0.6 is 0 Å². The summed E-state index contributed by atoms with van der Waals surface area (Å²) in [4.78, 5) is 36.6. The number of para-hydroxylation sites is 1. The first kappa shape index (κ1) is 22.4. The molecule has 0 unspecified atom stereocenters. The Kier molecular flexibility index (Phi) is 7.88. The van der Waals surface area contributed by atoms with Gasteiger partial charge in [-0.1, -0.05) is 26.0 Å². The van der Waals surface area contributed by atoms with E-state index in [1.54, 1.807) is 38.1 Å². The Morgan fingerprint density at radius 3 is 2.37 bits per heavy atom. The number of carbonyl (C=O) groups is 3. The highest BCUT2D eigenvalue weighted by Crippen LogP contribution is 2.16. The lowest BCUT2D eigenvalue weighted by Crippen LogP contribution is -2.55. The van der Waals surface area contributed by atoms with Crippen molar-refractivity contribution in [3.05, 3.63) is 65.5 Å². The first-order chi connectivity index (χ1) is 14.3. The van der Waals surface area contributed by atoms with Crippen molar-refractivity contribution in [3.8, 4) is 11.8 Å². The second-order valence-electron chi connectivity index (χ2n) is 6.64. The molecule has 2 rings (SSSR count). The second-order valence-corrected chi connectivity index (χ2v) is 6.64. The van der Waals surface area contributed by atoms with Gasteiger partial charge in [0, 0.05) is 5.56 Å². The number of nitrogens with one attached hydrogen (secondary N) is 3. The molecule has 0 aliphatic carbocycles. The summed E-state index contributed by atoms with van der Waals surface area (Å²) in [6.45, 7) is 3.02. The van der Waals surface area contributed by atoms with E-state index in [0.29, 0.717) is 0 Å². The highest BCUT2D eigenvalue weighted by atomic mass is 19.1. The van der Waals surface area contributed by atoms with Crippen molar-refractivity contribution in [1.29, 1.82) is 5.26 Å². The highest BCUT2D eigenvalue weighted by Gasteiger charge is 2.25. The van der Waals surface area contributed by atoms with Crippen LogP contribution in [0.4, 0.5) is 4.39 Å². The molecule has 0 radical (unpaired) electrons. The third-order valence-electron chi connectivity index (χ3n) is 4.03. The van der Waals surface area contributed by atoms with Gasteiger partial charge in [0.25, 0.3) is 17.7 Å². The number of nitrogens with zero attached hydrogens (tertiary/aromatic N) is 1. The topological polar surface area (TPSA) is 120 Å². The highest BCUT2D eigenvalue weighted by molar-refractivity contribution is 5.97. The number of halogens is 1. The molecule has 0 aliphatic rings. The summed E-state index contributed by atoms with van der Waals surface area (Å²) in [6, 6.07) is 12.3. The van der Waals surface area contributed by atoms with E-state index >= 15 is 0 Å². The summed E-state index contributed by atoms with van der Waals surface area (Å²) in [7, 11) is 0. The van der Waals surface area contributed by atoms with Crippen molar-refractivity contribution < 1.29 is 23.5 Å². The van der Waals surface area contributed by atoms with Crippen LogP contribution in [0.25, 0.3) is 0 Å². The lowest BCUT2D eigenvalue weighted by atomic mass is 10.0. The SMILES string of the molecule is CC(C)[C@H](NC(=O)c1ccc(F)cc1)C(=O)NNC(=O)COc1ccccc1C#N. The Hall–Kier alpha value is -3.93. The Bertz CT molecular complexity index is 954. The maximum atomic E-state index is 13.0. The van der Waals surface area contributed by atoms with Gasteiger partial charge in [0.1, 0.15) is 23.7 Å². The van der Waals surface area contributed by atoms with Gasteiger partial charge in [-0.25, -0.2) is 4.39 Å². The third-order valence-corrected chi connectivity index (χ3v) is 4.03. The standard InChI is InChI=1S/C21H21FN4O4/c1-13(2)19(24-20(28)14-7-9-16(22)10-8-14)21(29)26-25-18(27)12-30-17-6-4-3-5-15(17)11-23/h3-10,13,19H,12H2,1-2H3,(H,24,28)(H,25,27)(H,26,29)/t19-/m0/s1. The van der Waals surface area contributed by atoms with E-state index in [4.69, 9.17) is 10.00 Å². The van der Waals surface area contributed by atoms with E-state index in [0.717, 1.165) is 12.1 Å². The summed E-state index contributed by atoms with van der Waals surface area (Å²) in [5, 5.41) is 11.6. The minimum atomic E-state index is -0.942. The van der Waals surface area contributed by atoms with Gasteiger partial charge in [-0.15, -0.1) is 0 Å². The number of nitriles is 1. The fraction of sp³-hybridized carbons (Fsp3) is 0.238. The van der Waals surface area contributed by atoms with Crippen molar-refractivity contribution in [2.45, 2.75) is 19.9 Å². The van der Waals surface area contributed by atoms with Crippen molar-refractivity contribution in [3.63, 3.8) is 0 Å². The van der Waals surface area contributed by atoms with E-state index in [2.05, 4.69) is 16.2 Å². The molecule has 0 bridgehead atoms. The normalized spacial score (nSPS) is 11.2. The molecular weight excluding hydrogens is 391 g/mol. The minimum absolute atomic E-state index is 0.198. The van der Waals surface area contributed by atoms with Gasteiger partial charge in [-0.3, -0.25) is 25.2 Å². The molecule has 0 spiro atoms.